The second kappa shape index (κ2) is 9.41. The van der Waals surface area contributed by atoms with Crippen molar-refractivity contribution in [2.24, 2.45) is 0 Å². The predicted octanol–water partition coefficient (Wildman–Crippen LogP) is 3.18. The highest BCUT2D eigenvalue weighted by Gasteiger charge is 2.39. The Morgan fingerprint density at radius 1 is 1.06 bits per heavy atom. The summed E-state index contributed by atoms with van der Waals surface area (Å²) >= 11 is 1.56. The Balaban J connectivity index is 1.22. The molecule has 170 valence electrons. The molecule has 3 aromatic rings. The Labute approximate surface area is 197 Å². The lowest BCUT2D eigenvalue weighted by Gasteiger charge is -2.31. The van der Waals surface area contributed by atoms with Crippen LogP contribution in [0.3, 0.4) is 0 Å². The molecule has 0 unspecified atom stereocenters. The SMILES string of the molecule is O=C(N[C@@]1(c2cccnn2)CCNC1)c1ccc(C2CCN(C(=O)c3ccccc3)CC2)s1. The fraction of sp³-hybridized carbons (Fsp3) is 0.360. The second-order valence-electron chi connectivity index (χ2n) is 8.71. The van der Waals surface area contributed by atoms with Crippen LogP contribution >= 0.6 is 11.3 Å². The number of likely N-dealkylation sites (tertiary alicyclic amines) is 1. The average Bonchev–Trinajstić information content (AvgIpc) is 3.56. The van der Waals surface area contributed by atoms with E-state index in [9.17, 15) is 9.59 Å². The molecule has 2 aliphatic rings. The first-order valence-corrected chi connectivity index (χ1v) is 12.2. The van der Waals surface area contributed by atoms with Gasteiger partial charge in [-0.25, -0.2) is 0 Å². The van der Waals surface area contributed by atoms with E-state index in [2.05, 4.69) is 26.9 Å². The number of carbonyl (C=O) groups excluding carboxylic acids is 2. The van der Waals surface area contributed by atoms with Gasteiger partial charge in [0.15, 0.2) is 0 Å². The van der Waals surface area contributed by atoms with Crippen LogP contribution < -0.4 is 10.6 Å². The van der Waals surface area contributed by atoms with Crippen LogP contribution in [0.1, 0.15) is 55.8 Å². The van der Waals surface area contributed by atoms with Gasteiger partial charge in [0.05, 0.1) is 16.1 Å². The monoisotopic (exact) mass is 461 g/mol. The van der Waals surface area contributed by atoms with Crippen molar-refractivity contribution in [1.29, 1.82) is 0 Å². The first-order chi connectivity index (χ1) is 16.1. The Morgan fingerprint density at radius 3 is 2.58 bits per heavy atom. The van der Waals surface area contributed by atoms with Crippen molar-refractivity contribution >= 4 is 23.2 Å². The molecule has 2 N–H and O–H groups in total. The molecule has 5 rings (SSSR count). The Bertz CT molecular complexity index is 1100. The normalized spacial score (nSPS) is 21.2. The molecule has 0 aliphatic carbocycles. The van der Waals surface area contributed by atoms with Crippen LogP contribution in [0.25, 0.3) is 0 Å². The zero-order chi connectivity index (χ0) is 22.7. The van der Waals surface area contributed by atoms with Gasteiger partial charge in [0.25, 0.3) is 11.8 Å². The van der Waals surface area contributed by atoms with Gasteiger partial charge in [0.1, 0.15) is 0 Å². The minimum atomic E-state index is -0.529. The maximum Gasteiger partial charge on any atom is 0.262 e. The van der Waals surface area contributed by atoms with E-state index in [1.165, 1.54) is 4.88 Å². The highest BCUT2D eigenvalue weighted by atomic mass is 32.1. The van der Waals surface area contributed by atoms with Crippen LogP contribution in [0, 0.1) is 0 Å². The Kier molecular flexibility index (Phi) is 6.20. The van der Waals surface area contributed by atoms with E-state index in [4.69, 9.17) is 0 Å². The summed E-state index contributed by atoms with van der Waals surface area (Å²) in [6, 6.07) is 17.2. The summed E-state index contributed by atoms with van der Waals surface area (Å²) in [5.41, 5.74) is 0.999. The summed E-state index contributed by atoms with van der Waals surface area (Å²) in [7, 11) is 0. The Hall–Kier alpha value is -3.10. The third kappa shape index (κ3) is 4.54. The highest BCUT2D eigenvalue weighted by molar-refractivity contribution is 7.14. The van der Waals surface area contributed by atoms with Gasteiger partial charge in [-0.3, -0.25) is 9.59 Å². The van der Waals surface area contributed by atoms with Gasteiger partial charge < -0.3 is 15.5 Å². The number of thiophene rings is 1. The lowest BCUT2D eigenvalue weighted by Crippen LogP contribution is -2.48. The number of nitrogens with zero attached hydrogens (tertiary/aromatic N) is 3. The van der Waals surface area contributed by atoms with Crippen LogP contribution in [-0.2, 0) is 5.54 Å². The van der Waals surface area contributed by atoms with Crippen LogP contribution in [0.15, 0.2) is 60.8 Å². The molecular weight excluding hydrogens is 434 g/mol. The maximum atomic E-state index is 13.1. The molecule has 0 saturated carbocycles. The van der Waals surface area contributed by atoms with Crippen molar-refractivity contribution in [2.75, 3.05) is 26.2 Å². The summed E-state index contributed by atoms with van der Waals surface area (Å²) in [4.78, 5) is 29.7. The molecule has 7 nitrogen and oxygen atoms in total. The van der Waals surface area contributed by atoms with Gasteiger partial charge in [-0.1, -0.05) is 18.2 Å². The van der Waals surface area contributed by atoms with E-state index in [1.54, 1.807) is 17.5 Å². The predicted molar refractivity (Wildman–Crippen MR) is 127 cm³/mol. The lowest BCUT2D eigenvalue weighted by molar-refractivity contribution is 0.0713. The van der Waals surface area contributed by atoms with Crippen LogP contribution in [0.5, 0.6) is 0 Å². The maximum absolute atomic E-state index is 13.1. The molecule has 2 amide bonds. The number of carbonyl (C=O) groups is 2. The molecule has 8 heteroatoms. The standard InChI is InChI=1S/C25H27N5O2S/c31-23(28-25(12-14-26-17-25)22-7-4-13-27-29-22)21-9-8-20(33-21)18-10-15-30(16-11-18)24(32)19-5-2-1-3-6-19/h1-9,13,18,26H,10-12,14-17H2,(H,28,31)/t25-/m0/s1. The number of hydrogen-bond acceptors (Lipinski definition) is 6. The third-order valence-electron chi connectivity index (χ3n) is 6.63. The molecule has 0 spiro atoms. The molecule has 1 atom stereocenters. The highest BCUT2D eigenvalue weighted by Crippen LogP contribution is 2.34. The summed E-state index contributed by atoms with van der Waals surface area (Å²) in [5.74, 6) is 0.399. The number of amides is 2. The molecule has 1 aromatic carbocycles. The average molecular weight is 462 g/mol. The summed E-state index contributed by atoms with van der Waals surface area (Å²) in [6.07, 6.45) is 4.25. The molecule has 33 heavy (non-hydrogen) atoms. The number of rotatable bonds is 5. The van der Waals surface area contributed by atoms with Crippen LogP contribution in [0.4, 0.5) is 0 Å². The smallest absolute Gasteiger partial charge is 0.262 e. The largest absolute Gasteiger partial charge is 0.339 e. The van der Waals surface area contributed by atoms with Gasteiger partial charge in [-0.05, 0) is 68.1 Å². The van der Waals surface area contributed by atoms with E-state index in [1.807, 2.05) is 53.4 Å². The topological polar surface area (TPSA) is 87.2 Å². The molecule has 2 aromatic heterocycles. The zero-order valence-corrected chi connectivity index (χ0v) is 19.2. The number of nitrogens with one attached hydrogen (secondary N) is 2. The molecular formula is C25H27N5O2S. The van der Waals surface area contributed by atoms with Gasteiger partial charge >= 0.3 is 0 Å². The van der Waals surface area contributed by atoms with Gasteiger partial charge in [-0.2, -0.15) is 10.2 Å². The lowest BCUT2D eigenvalue weighted by atomic mass is 9.93. The first kappa shape index (κ1) is 21.7. The fourth-order valence-electron chi connectivity index (χ4n) is 4.74. The van der Waals surface area contributed by atoms with Gasteiger partial charge in [0, 0.05) is 36.3 Å². The second-order valence-corrected chi connectivity index (χ2v) is 9.82. The van der Waals surface area contributed by atoms with E-state index in [0.717, 1.165) is 50.2 Å². The fourth-order valence-corrected chi connectivity index (χ4v) is 5.81. The van der Waals surface area contributed by atoms with Crippen molar-refractivity contribution in [3.8, 4) is 0 Å². The Morgan fingerprint density at radius 2 is 1.88 bits per heavy atom. The molecule has 2 aliphatic heterocycles. The number of hydrogen-bond donors (Lipinski definition) is 2. The molecule has 4 heterocycles. The van der Waals surface area contributed by atoms with E-state index >= 15 is 0 Å². The number of piperidine rings is 1. The van der Waals surface area contributed by atoms with Crippen molar-refractivity contribution in [1.82, 2.24) is 25.7 Å². The minimum Gasteiger partial charge on any atom is -0.339 e. The van der Waals surface area contributed by atoms with E-state index < -0.39 is 5.54 Å². The van der Waals surface area contributed by atoms with Crippen LogP contribution in [0.2, 0.25) is 0 Å². The number of benzene rings is 1. The summed E-state index contributed by atoms with van der Waals surface area (Å²) in [6.45, 7) is 2.94. The van der Waals surface area contributed by atoms with Gasteiger partial charge in [0.2, 0.25) is 0 Å². The zero-order valence-electron chi connectivity index (χ0n) is 18.4. The summed E-state index contributed by atoms with van der Waals surface area (Å²) in [5, 5.41) is 14.8. The van der Waals surface area contributed by atoms with Gasteiger partial charge in [-0.15, -0.1) is 11.3 Å². The molecule has 2 fully saturated rings. The first-order valence-electron chi connectivity index (χ1n) is 11.4. The molecule has 0 bridgehead atoms. The van der Waals surface area contributed by atoms with E-state index in [0.29, 0.717) is 17.3 Å². The van der Waals surface area contributed by atoms with Crippen molar-refractivity contribution < 1.29 is 9.59 Å². The third-order valence-corrected chi connectivity index (χ3v) is 7.87. The minimum absolute atomic E-state index is 0.0719. The molecule has 0 radical (unpaired) electrons. The quantitative estimate of drug-likeness (QED) is 0.609. The van der Waals surface area contributed by atoms with Crippen molar-refractivity contribution in [3.63, 3.8) is 0 Å². The summed E-state index contributed by atoms with van der Waals surface area (Å²) < 4.78 is 0. The molecule has 2 saturated heterocycles. The van der Waals surface area contributed by atoms with Crippen molar-refractivity contribution in [2.45, 2.75) is 30.7 Å². The van der Waals surface area contributed by atoms with E-state index in [-0.39, 0.29) is 11.8 Å². The van der Waals surface area contributed by atoms with Crippen LogP contribution in [-0.4, -0.2) is 53.1 Å². The number of aromatic nitrogens is 2. The van der Waals surface area contributed by atoms with Crippen molar-refractivity contribution in [3.05, 3.63) is 81.8 Å².